The minimum atomic E-state index is -5.08. The van der Waals surface area contributed by atoms with Crippen molar-refractivity contribution in [3.8, 4) is 0 Å². The van der Waals surface area contributed by atoms with Gasteiger partial charge in [0, 0.05) is 12.4 Å². The Hall–Kier alpha value is -3.46. The van der Waals surface area contributed by atoms with E-state index in [1.807, 2.05) is 0 Å². The fourth-order valence-electron chi connectivity index (χ4n) is 1.08. The van der Waals surface area contributed by atoms with E-state index >= 15 is 0 Å². The molecule has 0 bridgehead atoms. The first-order valence-electron chi connectivity index (χ1n) is 6.16. The Morgan fingerprint density at radius 2 is 1.48 bits per heavy atom. The number of azo groups is 1. The number of fused-ring (bicyclic) bond motifs is 1. The summed E-state index contributed by atoms with van der Waals surface area (Å²) in [6.45, 7) is 0. The summed E-state index contributed by atoms with van der Waals surface area (Å²) in [6, 6.07) is 0. The molecular formula is C11H9F6N5O5. The van der Waals surface area contributed by atoms with E-state index in [0.717, 1.165) is 0 Å². The number of carboxylic acid groups (broad SMARTS) is 2. The number of allylic oxidation sites excluding steroid dienone is 1. The van der Waals surface area contributed by atoms with Crippen molar-refractivity contribution in [1.29, 1.82) is 0 Å². The van der Waals surface area contributed by atoms with Gasteiger partial charge in [0.1, 0.15) is 0 Å². The number of nitrogens with zero attached hydrogens (tertiary/aromatic N) is 4. The van der Waals surface area contributed by atoms with Crippen LogP contribution in [0.15, 0.2) is 39.5 Å². The highest BCUT2D eigenvalue weighted by Gasteiger charge is 2.38. The number of rotatable bonds is 1. The number of carboxylic acids is 2. The van der Waals surface area contributed by atoms with Crippen LogP contribution in [0.4, 0.5) is 26.3 Å². The van der Waals surface area contributed by atoms with Gasteiger partial charge in [0.15, 0.2) is 5.82 Å². The van der Waals surface area contributed by atoms with Crippen molar-refractivity contribution in [2.75, 3.05) is 0 Å². The molecule has 2 aliphatic rings. The maximum absolute atomic E-state index is 10.9. The molecular weight excluding hydrogens is 396 g/mol. The lowest BCUT2D eigenvalue weighted by Gasteiger charge is -2.15. The first-order valence-corrected chi connectivity index (χ1v) is 6.16. The summed E-state index contributed by atoms with van der Waals surface area (Å²) >= 11 is 0. The molecule has 0 aromatic carbocycles. The van der Waals surface area contributed by atoms with Gasteiger partial charge < -0.3 is 15.9 Å². The van der Waals surface area contributed by atoms with E-state index in [1.165, 1.54) is 6.20 Å². The second-order valence-corrected chi connectivity index (χ2v) is 4.13. The van der Waals surface area contributed by atoms with E-state index in [1.54, 1.807) is 23.4 Å². The third kappa shape index (κ3) is 8.45. The molecule has 1 unspecified atom stereocenters. The number of carbonyl (C=O) groups is 3. The van der Waals surface area contributed by atoms with Gasteiger partial charge in [0.2, 0.25) is 6.17 Å². The minimum absolute atomic E-state index is 0.522. The Morgan fingerprint density at radius 3 is 1.85 bits per heavy atom. The molecule has 0 spiro atoms. The SMILES string of the molecule is NC(=O)C1N=NC2=CN=CC=CN21.O=C(O)C(F)(F)F.O=C(O)C(F)(F)F. The van der Waals surface area contributed by atoms with Crippen molar-refractivity contribution in [2.24, 2.45) is 21.0 Å². The molecule has 16 heteroatoms. The van der Waals surface area contributed by atoms with Crippen molar-refractivity contribution in [2.45, 2.75) is 18.5 Å². The van der Waals surface area contributed by atoms with Crippen molar-refractivity contribution in [1.82, 2.24) is 4.90 Å². The van der Waals surface area contributed by atoms with Gasteiger partial charge in [-0.25, -0.2) is 9.59 Å². The highest BCUT2D eigenvalue weighted by Crippen LogP contribution is 2.22. The highest BCUT2D eigenvalue weighted by atomic mass is 19.4. The molecule has 0 saturated heterocycles. The van der Waals surface area contributed by atoms with Gasteiger partial charge in [0.25, 0.3) is 5.91 Å². The van der Waals surface area contributed by atoms with Crippen LogP contribution in [0.2, 0.25) is 0 Å². The first-order chi connectivity index (χ1) is 12.2. The lowest BCUT2D eigenvalue weighted by molar-refractivity contribution is -0.193. The molecule has 0 aromatic heterocycles. The number of carbonyl (C=O) groups excluding carboxylic acids is 1. The third-order valence-electron chi connectivity index (χ3n) is 2.15. The third-order valence-corrected chi connectivity index (χ3v) is 2.15. The molecule has 1 atom stereocenters. The summed E-state index contributed by atoms with van der Waals surface area (Å²) in [4.78, 5) is 34.1. The summed E-state index contributed by atoms with van der Waals surface area (Å²) in [5.74, 6) is -5.52. The van der Waals surface area contributed by atoms with Crippen LogP contribution in [0.3, 0.4) is 0 Å². The number of alkyl halides is 6. The average molecular weight is 405 g/mol. The second kappa shape index (κ2) is 9.30. The van der Waals surface area contributed by atoms with Gasteiger partial charge in [-0.15, -0.1) is 5.11 Å². The molecule has 27 heavy (non-hydrogen) atoms. The Morgan fingerprint density at radius 1 is 1.04 bits per heavy atom. The number of primary amides is 1. The summed E-state index contributed by atoms with van der Waals surface area (Å²) in [7, 11) is 0. The molecule has 150 valence electrons. The average Bonchev–Trinajstić information content (AvgIpc) is 2.76. The van der Waals surface area contributed by atoms with Crippen LogP contribution in [0.25, 0.3) is 0 Å². The largest absolute Gasteiger partial charge is 0.490 e. The molecule has 1 amide bonds. The van der Waals surface area contributed by atoms with Gasteiger partial charge in [-0.2, -0.15) is 31.5 Å². The maximum atomic E-state index is 10.9. The predicted octanol–water partition coefficient (Wildman–Crippen LogP) is 1.23. The number of nitrogens with two attached hydrogens (primary N) is 1. The lowest BCUT2D eigenvalue weighted by atomic mass is 10.4. The van der Waals surface area contributed by atoms with Crippen LogP contribution < -0.4 is 5.73 Å². The van der Waals surface area contributed by atoms with Crippen molar-refractivity contribution < 1.29 is 50.9 Å². The maximum Gasteiger partial charge on any atom is 0.490 e. The number of hydrogen-bond donors (Lipinski definition) is 3. The molecule has 2 heterocycles. The van der Waals surface area contributed by atoms with Crippen LogP contribution in [-0.4, -0.2) is 57.7 Å². The number of aliphatic carboxylic acids is 2. The molecule has 0 aromatic rings. The monoisotopic (exact) mass is 405 g/mol. The number of amides is 1. The molecule has 2 aliphatic heterocycles. The Bertz CT molecular complexity index is 673. The van der Waals surface area contributed by atoms with Crippen molar-refractivity contribution in [3.63, 3.8) is 0 Å². The molecule has 0 fully saturated rings. The zero-order valence-electron chi connectivity index (χ0n) is 12.6. The highest BCUT2D eigenvalue weighted by molar-refractivity contribution is 5.81. The zero-order chi connectivity index (χ0) is 21.4. The van der Waals surface area contributed by atoms with E-state index in [9.17, 15) is 31.1 Å². The van der Waals surface area contributed by atoms with Gasteiger partial charge in [-0.3, -0.25) is 14.7 Å². The summed E-state index contributed by atoms with van der Waals surface area (Å²) in [6.07, 6.45) is -4.43. The molecule has 10 nitrogen and oxygen atoms in total. The zero-order valence-corrected chi connectivity index (χ0v) is 12.6. The number of aliphatic imine (C=N–C) groups is 1. The Labute approximate surface area is 145 Å². The Kier molecular flexibility index (Phi) is 8.11. The van der Waals surface area contributed by atoms with Crippen LogP contribution in [-0.2, 0) is 14.4 Å². The first kappa shape index (κ1) is 23.5. The van der Waals surface area contributed by atoms with Gasteiger partial charge in [-0.05, 0) is 6.08 Å². The number of hydrogen-bond acceptors (Lipinski definition) is 7. The fraction of sp³-hybridized carbons (Fsp3) is 0.273. The van der Waals surface area contributed by atoms with Gasteiger partial charge in [-0.1, -0.05) is 0 Å². The molecule has 0 radical (unpaired) electrons. The van der Waals surface area contributed by atoms with Crippen LogP contribution in [0, 0.1) is 0 Å². The standard InChI is InChI=1S/C7H7N5O.2C2HF3O2/c8-6(13)7-11-10-5-4-9-2-1-3-12(5)7;2*3-2(4,5)1(6)7/h1-4,7H,(H2,8,13);2*(H,6,7). The summed E-state index contributed by atoms with van der Waals surface area (Å²) < 4.78 is 63.5. The molecule has 2 rings (SSSR count). The van der Waals surface area contributed by atoms with Gasteiger partial charge >= 0.3 is 24.3 Å². The predicted molar refractivity (Wildman–Crippen MR) is 72.8 cm³/mol. The smallest absolute Gasteiger partial charge is 0.475 e. The van der Waals surface area contributed by atoms with E-state index in [2.05, 4.69) is 15.2 Å². The lowest BCUT2D eigenvalue weighted by Crippen LogP contribution is -2.36. The number of halogens is 6. The molecule has 4 N–H and O–H groups in total. The van der Waals surface area contributed by atoms with E-state index in [-0.39, 0.29) is 0 Å². The van der Waals surface area contributed by atoms with Crippen LogP contribution >= 0.6 is 0 Å². The minimum Gasteiger partial charge on any atom is -0.475 e. The van der Waals surface area contributed by atoms with E-state index in [0.29, 0.717) is 5.82 Å². The normalized spacial score (nSPS) is 17.5. The van der Waals surface area contributed by atoms with Crippen molar-refractivity contribution >= 4 is 24.1 Å². The topological polar surface area (TPSA) is 158 Å². The Balaban J connectivity index is 0.000000416. The second-order valence-electron chi connectivity index (χ2n) is 4.13. The van der Waals surface area contributed by atoms with Crippen molar-refractivity contribution in [3.05, 3.63) is 24.3 Å². The van der Waals surface area contributed by atoms with E-state index in [4.69, 9.17) is 25.5 Å². The molecule has 0 saturated carbocycles. The van der Waals surface area contributed by atoms with Crippen LogP contribution in [0.5, 0.6) is 0 Å². The van der Waals surface area contributed by atoms with E-state index < -0.39 is 36.4 Å². The molecule has 0 aliphatic carbocycles. The van der Waals surface area contributed by atoms with Crippen LogP contribution in [0.1, 0.15) is 0 Å². The summed E-state index contributed by atoms with van der Waals surface area (Å²) in [5.41, 5.74) is 5.12. The fourth-order valence-corrected chi connectivity index (χ4v) is 1.08. The quantitative estimate of drug-likeness (QED) is 0.557. The summed E-state index contributed by atoms with van der Waals surface area (Å²) in [5, 5.41) is 21.7. The van der Waals surface area contributed by atoms with Gasteiger partial charge in [0.05, 0.1) is 6.20 Å².